The molecule has 2 unspecified atom stereocenters. The third kappa shape index (κ3) is 1.83. The van der Waals surface area contributed by atoms with Crippen molar-refractivity contribution in [2.45, 2.75) is 32.5 Å². The number of benzene rings is 1. The summed E-state index contributed by atoms with van der Waals surface area (Å²) in [6.07, 6.45) is 0.891. The van der Waals surface area contributed by atoms with E-state index in [4.69, 9.17) is 0 Å². The molecule has 16 heavy (non-hydrogen) atoms. The monoisotopic (exact) mass is 218 g/mol. The van der Waals surface area contributed by atoms with Crippen molar-refractivity contribution >= 4 is 5.91 Å². The lowest BCUT2D eigenvalue weighted by Crippen LogP contribution is -2.30. The molecule has 1 saturated heterocycles. The standard InChI is InChI=1S/C13H18N2O/c1-3-11-13(16)15(4-2)12(14-11)10-8-6-5-7-9-10/h5-9,11-12,14H,3-4H2,1-2H3. The largest absolute Gasteiger partial charge is 0.322 e. The molecule has 0 aromatic heterocycles. The first-order valence-electron chi connectivity index (χ1n) is 5.89. The van der Waals surface area contributed by atoms with E-state index in [1.54, 1.807) is 0 Å². The van der Waals surface area contributed by atoms with Crippen molar-refractivity contribution in [3.63, 3.8) is 0 Å². The summed E-state index contributed by atoms with van der Waals surface area (Å²) >= 11 is 0. The van der Waals surface area contributed by atoms with Crippen molar-refractivity contribution in [2.75, 3.05) is 6.54 Å². The Hall–Kier alpha value is -1.35. The van der Waals surface area contributed by atoms with Crippen LogP contribution in [-0.2, 0) is 4.79 Å². The van der Waals surface area contributed by atoms with E-state index in [1.807, 2.05) is 36.9 Å². The number of hydrogen-bond donors (Lipinski definition) is 1. The highest BCUT2D eigenvalue weighted by atomic mass is 16.2. The van der Waals surface area contributed by atoms with E-state index in [-0.39, 0.29) is 18.1 Å². The number of rotatable bonds is 3. The Morgan fingerprint density at radius 3 is 2.50 bits per heavy atom. The molecule has 1 amide bonds. The molecule has 0 saturated carbocycles. The Kier molecular flexibility index (Phi) is 3.25. The SMILES string of the molecule is CCC1NC(c2ccccc2)N(CC)C1=O. The zero-order valence-electron chi connectivity index (χ0n) is 9.81. The van der Waals surface area contributed by atoms with Gasteiger partial charge in [0.2, 0.25) is 5.91 Å². The molecule has 0 aliphatic carbocycles. The first-order chi connectivity index (χ1) is 7.77. The maximum absolute atomic E-state index is 12.0. The fraction of sp³-hybridized carbons (Fsp3) is 0.462. The summed E-state index contributed by atoms with van der Waals surface area (Å²) in [5, 5.41) is 3.38. The Morgan fingerprint density at radius 2 is 1.94 bits per heavy atom. The molecule has 2 atom stereocenters. The minimum atomic E-state index is -0.0230. The lowest BCUT2D eigenvalue weighted by Gasteiger charge is -2.22. The molecule has 1 aliphatic rings. The van der Waals surface area contributed by atoms with Gasteiger partial charge in [0.25, 0.3) is 0 Å². The van der Waals surface area contributed by atoms with Crippen molar-refractivity contribution in [3.05, 3.63) is 35.9 Å². The molecule has 2 rings (SSSR count). The van der Waals surface area contributed by atoms with Gasteiger partial charge in [-0.05, 0) is 18.9 Å². The van der Waals surface area contributed by atoms with Crippen molar-refractivity contribution in [2.24, 2.45) is 0 Å². The fourth-order valence-electron chi connectivity index (χ4n) is 2.22. The van der Waals surface area contributed by atoms with Crippen molar-refractivity contribution in [1.29, 1.82) is 0 Å². The Balaban J connectivity index is 2.25. The smallest absolute Gasteiger partial charge is 0.241 e. The van der Waals surface area contributed by atoms with Gasteiger partial charge < -0.3 is 4.90 Å². The van der Waals surface area contributed by atoms with Gasteiger partial charge in [-0.3, -0.25) is 10.1 Å². The molecule has 0 bridgehead atoms. The van der Waals surface area contributed by atoms with Crippen LogP contribution in [0.4, 0.5) is 0 Å². The summed E-state index contributed by atoms with van der Waals surface area (Å²) in [5.74, 6) is 0.221. The predicted molar refractivity (Wildman–Crippen MR) is 63.8 cm³/mol. The zero-order valence-corrected chi connectivity index (χ0v) is 9.81. The van der Waals surface area contributed by atoms with Gasteiger partial charge in [0.15, 0.2) is 0 Å². The maximum atomic E-state index is 12.0. The molecule has 1 aromatic rings. The first-order valence-corrected chi connectivity index (χ1v) is 5.89. The normalized spacial score (nSPS) is 25.1. The van der Waals surface area contributed by atoms with Crippen molar-refractivity contribution in [3.8, 4) is 0 Å². The molecule has 1 N–H and O–H groups in total. The second-order valence-electron chi connectivity index (χ2n) is 4.06. The van der Waals surface area contributed by atoms with Crippen LogP contribution in [0.25, 0.3) is 0 Å². The van der Waals surface area contributed by atoms with Crippen LogP contribution in [0.5, 0.6) is 0 Å². The van der Waals surface area contributed by atoms with Gasteiger partial charge in [0.05, 0.1) is 6.04 Å². The van der Waals surface area contributed by atoms with Crippen LogP contribution in [0.15, 0.2) is 30.3 Å². The van der Waals surface area contributed by atoms with E-state index in [0.717, 1.165) is 18.5 Å². The second-order valence-corrected chi connectivity index (χ2v) is 4.06. The van der Waals surface area contributed by atoms with Gasteiger partial charge >= 0.3 is 0 Å². The lowest BCUT2D eigenvalue weighted by atomic mass is 10.1. The Labute approximate surface area is 96.5 Å². The molecular formula is C13H18N2O. The third-order valence-electron chi connectivity index (χ3n) is 3.12. The van der Waals surface area contributed by atoms with Crippen LogP contribution in [0.2, 0.25) is 0 Å². The average Bonchev–Trinajstić information content (AvgIpc) is 2.66. The summed E-state index contributed by atoms with van der Waals surface area (Å²) < 4.78 is 0. The summed E-state index contributed by atoms with van der Waals surface area (Å²) in [6, 6.07) is 10.1. The molecule has 3 heteroatoms. The first kappa shape index (κ1) is 11.1. The lowest BCUT2D eigenvalue weighted by molar-refractivity contribution is -0.129. The zero-order chi connectivity index (χ0) is 11.5. The summed E-state index contributed by atoms with van der Waals surface area (Å²) in [4.78, 5) is 13.9. The van der Waals surface area contributed by atoms with Crippen molar-refractivity contribution < 1.29 is 4.79 Å². The second kappa shape index (κ2) is 4.66. The van der Waals surface area contributed by atoms with Gasteiger partial charge in [-0.1, -0.05) is 37.3 Å². The van der Waals surface area contributed by atoms with E-state index >= 15 is 0 Å². The van der Waals surface area contributed by atoms with Gasteiger partial charge in [0, 0.05) is 6.54 Å². The quantitative estimate of drug-likeness (QED) is 0.840. The third-order valence-corrected chi connectivity index (χ3v) is 3.12. The minimum Gasteiger partial charge on any atom is -0.322 e. The van der Waals surface area contributed by atoms with E-state index in [0.29, 0.717) is 0 Å². The topological polar surface area (TPSA) is 32.3 Å². The molecular weight excluding hydrogens is 200 g/mol. The predicted octanol–water partition coefficient (Wildman–Crippen LogP) is 1.92. The molecule has 1 aromatic carbocycles. The Bertz CT molecular complexity index is 363. The van der Waals surface area contributed by atoms with Crippen LogP contribution < -0.4 is 5.32 Å². The minimum absolute atomic E-state index is 0.0230. The van der Waals surface area contributed by atoms with Gasteiger partial charge in [-0.2, -0.15) is 0 Å². The highest BCUT2D eigenvalue weighted by Gasteiger charge is 2.37. The highest BCUT2D eigenvalue weighted by Crippen LogP contribution is 2.25. The number of nitrogens with zero attached hydrogens (tertiary/aromatic N) is 1. The van der Waals surface area contributed by atoms with Gasteiger partial charge in [-0.25, -0.2) is 0 Å². The van der Waals surface area contributed by atoms with E-state index in [9.17, 15) is 4.79 Å². The molecule has 1 fully saturated rings. The fourth-order valence-corrected chi connectivity index (χ4v) is 2.22. The maximum Gasteiger partial charge on any atom is 0.241 e. The van der Waals surface area contributed by atoms with Crippen LogP contribution in [0.1, 0.15) is 32.0 Å². The van der Waals surface area contributed by atoms with Crippen LogP contribution >= 0.6 is 0 Å². The molecule has 0 radical (unpaired) electrons. The van der Waals surface area contributed by atoms with E-state index in [2.05, 4.69) is 17.4 Å². The molecule has 1 heterocycles. The number of likely N-dealkylation sites (N-methyl/N-ethyl adjacent to an activating group) is 1. The number of nitrogens with one attached hydrogen (secondary N) is 1. The number of carbonyl (C=O) groups excluding carboxylic acids is 1. The highest BCUT2D eigenvalue weighted by molar-refractivity contribution is 5.84. The van der Waals surface area contributed by atoms with Crippen molar-refractivity contribution in [1.82, 2.24) is 10.2 Å². The van der Waals surface area contributed by atoms with E-state index < -0.39 is 0 Å². The van der Waals surface area contributed by atoms with Gasteiger partial charge in [0.1, 0.15) is 6.17 Å². The summed E-state index contributed by atoms with van der Waals surface area (Å²) in [6.45, 7) is 4.81. The summed E-state index contributed by atoms with van der Waals surface area (Å²) in [7, 11) is 0. The van der Waals surface area contributed by atoms with E-state index in [1.165, 1.54) is 0 Å². The Morgan fingerprint density at radius 1 is 1.25 bits per heavy atom. The van der Waals surface area contributed by atoms with Crippen LogP contribution in [-0.4, -0.2) is 23.4 Å². The molecule has 0 spiro atoms. The van der Waals surface area contributed by atoms with Crippen LogP contribution in [0, 0.1) is 0 Å². The number of amides is 1. The average molecular weight is 218 g/mol. The molecule has 86 valence electrons. The molecule has 3 nitrogen and oxygen atoms in total. The number of hydrogen-bond acceptors (Lipinski definition) is 2. The van der Waals surface area contributed by atoms with Crippen LogP contribution in [0.3, 0.4) is 0 Å². The van der Waals surface area contributed by atoms with Gasteiger partial charge in [-0.15, -0.1) is 0 Å². The molecule has 1 aliphatic heterocycles. The number of carbonyl (C=O) groups is 1. The summed E-state index contributed by atoms with van der Waals surface area (Å²) in [5.41, 5.74) is 1.16.